The molecule has 27 heavy (non-hydrogen) atoms. The van der Waals surface area contributed by atoms with Crippen molar-refractivity contribution in [3.8, 4) is 0 Å². The van der Waals surface area contributed by atoms with Crippen molar-refractivity contribution in [2.45, 2.75) is 96.3 Å². The molecule has 0 bridgehead atoms. The molecule has 0 aromatic heterocycles. The lowest BCUT2D eigenvalue weighted by atomic mass is 9.86. The first-order valence-electron chi connectivity index (χ1n) is 11.4. The Hall–Kier alpha value is -1.58. The summed E-state index contributed by atoms with van der Waals surface area (Å²) in [7, 11) is 0. The van der Waals surface area contributed by atoms with Crippen LogP contribution in [0.5, 0.6) is 0 Å². The zero-order valence-corrected chi connectivity index (χ0v) is 16.6. The number of fused-ring (bicyclic) bond motifs is 1. The van der Waals surface area contributed by atoms with E-state index in [0.717, 1.165) is 37.1 Å². The van der Waals surface area contributed by atoms with Gasteiger partial charge in [-0.05, 0) is 37.5 Å². The summed E-state index contributed by atoms with van der Waals surface area (Å²) in [6.07, 6.45) is 18.2. The maximum Gasteiger partial charge on any atom is 0.258 e. The van der Waals surface area contributed by atoms with Crippen LogP contribution < -0.4 is 10.6 Å². The van der Waals surface area contributed by atoms with Crippen LogP contribution in [0.3, 0.4) is 0 Å². The minimum Gasteiger partial charge on any atom is -0.325 e. The molecule has 4 rings (SSSR count). The SMILES string of the molecule is O=C1NC(C2CCCCCCC2)=C2C(=O)NC(C3CCCCCCCC3)=C12. The Kier molecular flexibility index (Phi) is 5.99. The van der Waals surface area contributed by atoms with Gasteiger partial charge in [0.2, 0.25) is 0 Å². The van der Waals surface area contributed by atoms with Gasteiger partial charge >= 0.3 is 0 Å². The molecule has 4 nitrogen and oxygen atoms in total. The highest BCUT2D eigenvalue weighted by atomic mass is 16.2. The van der Waals surface area contributed by atoms with E-state index < -0.39 is 0 Å². The van der Waals surface area contributed by atoms with Crippen LogP contribution in [-0.2, 0) is 9.59 Å². The zero-order chi connectivity index (χ0) is 18.6. The van der Waals surface area contributed by atoms with Gasteiger partial charge in [-0.15, -0.1) is 0 Å². The molecule has 4 heteroatoms. The lowest BCUT2D eigenvalue weighted by Crippen LogP contribution is -2.28. The van der Waals surface area contributed by atoms with Crippen LogP contribution in [0.4, 0.5) is 0 Å². The van der Waals surface area contributed by atoms with Crippen molar-refractivity contribution < 1.29 is 9.59 Å². The van der Waals surface area contributed by atoms with Crippen molar-refractivity contribution in [3.05, 3.63) is 22.5 Å². The monoisotopic (exact) mass is 370 g/mol. The Morgan fingerprint density at radius 2 is 0.778 bits per heavy atom. The maximum atomic E-state index is 12.9. The lowest BCUT2D eigenvalue weighted by Gasteiger charge is -2.22. The minimum atomic E-state index is -0.0321. The first kappa shape index (κ1) is 18.8. The fourth-order valence-electron chi connectivity index (χ4n) is 5.51. The van der Waals surface area contributed by atoms with Gasteiger partial charge in [-0.25, -0.2) is 0 Å². The van der Waals surface area contributed by atoms with Crippen molar-refractivity contribution in [3.63, 3.8) is 0 Å². The van der Waals surface area contributed by atoms with Gasteiger partial charge in [-0.3, -0.25) is 9.59 Å². The van der Waals surface area contributed by atoms with Crippen LogP contribution in [0, 0.1) is 11.8 Å². The first-order valence-corrected chi connectivity index (χ1v) is 11.4. The van der Waals surface area contributed by atoms with Crippen molar-refractivity contribution in [2.24, 2.45) is 11.8 Å². The first-order chi connectivity index (χ1) is 13.3. The van der Waals surface area contributed by atoms with Crippen LogP contribution in [-0.4, -0.2) is 11.8 Å². The number of hydrogen-bond donors (Lipinski definition) is 2. The quantitative estimate of drug-likeness (QED) is 0.729. The molecule has 0 unspecified atom stereocenters. The van der Waals surface area contributed by atoms with Gasteiger partial charge in [0, 0.05) is 11.4 Å². The van der Waals surface area contributed by atoms with Crippen LogP contribution in [0.25, 0.3) is 0 Å². The normalized spacial score (nSPS) is 26.7. The Balaban J connectivity index is 1.62. The predicted octanol–water partition coefficient (Wildman–Crippen LogP) is 4.87. The summed E-state index contributed by atoms with van der Waals surface area (Å²) >= 11 is 0. The number of rotatable bonds is 2. The van der Waals surface area contributed by atoms with Gasteiger partial charge in [-0.1, -0.05) is 70.6 Å². The largest absolute Gasteiger partial charge is 0.325 e. The van der Waals surface area contributed by atoms with Gasteiger partial charge in [-0.2, -0.15) is 0 Å². The van der Waals surface area contributed by atoms with Crippen molar-refractivity contribution in [1.29, 1.82) is 0 Å². The minimum absolute atomic E-state index is 0.0321. The summed E-state index contributed by atoms with van der Waals surface area (Å²) < 4.78 is 0. The Bertz CT molecular complexity index is 643. The number of nitrogens with one attached hydrogen (secondary N) is 2. The second kappa shape index (κ2) is 8.62. The molecule has 2 fully saturated rings. The van der Waals surface area contributed by atoms with E-state index in [1.165, 1.54) is 70.6 Å². The molecule has 4 aliphatic rings. The fraction of sp³-hybridized carbons (Fsp3) is 0.739. The van der Waals surface area contributed by atoms with Gasteiger partial charge < -0.3 is 10.6 Å². The third-order valence-electron chi connectivity index (χ3n) is 7.02. The maximum absolute atomic E-state index is 12.9. The van der Waals surface area contributed by atoms with E-state index in [1.54, 1.807) is 0 Å². The van der Waals surface area contributed by atoms with E-state index >= 15 is 0 Å². The van der Waals surface area contributed by atoms with Crippen LogP contribution in [0.1, 0.15) is 96.3 Å². The van der Waals surface area contributed by atoms with Gasteiger partial charge in [0.15, 0.2) is 0 Å². The molecule has 0 aromatic carbocycles. The van der Waals surface area contributed by atoms with Gasteiger partial charge in [0.1, 0.15) is 0 Å². The number of carbonyl (C=O) groups is 2. The Morgan fingerprint density at radius 3 is 1.11 bits per heavy atom. The molecule has 2 amide bonds. The summed E-state index contributed by atoms with van der Waals surface area (Å²) in [5.74, 6) is 0.611. The van der Waals surface area contributed by atoms with Crippen LogP contribution in [0.15, 0.2) is 22.5 Å². The Morgan fingerprint density at radius 1 is 0.481 bits per heavy atom. The molecule has 0 radical (unpaired) electrons. The fourth-order valence-corrected chi connectivity index (χ4v) is 5.51. The lowest BCUT2D eigenvalue weighted by molar-refractivity contribution is -0.117. The molecule has 2 aliphatic heterocycles. The summed E-state index contributed by atoms with van der Waals surface area (Å²) in [6.45, 7) is 0. The molecule has 148 valence electrons. The van der Waals surface area contributed by atoms with E-state index in [2.05, 4.69) is 10.6 Å². The number of carbonyl (C=O) groups excluding carboxylic acids is 2. The molecular weight excluding hydrogens is 336 g/mol. The van der Waals surface area contributed by atoms with Crippen LogP contribution >= 0.6 is 0 Å². The highest BCUT2D eigenvalue weighted by Crippen LogP contribution is 2.40. The van der Waals surface area contributed by atoms with Gasteiger partial charge in [0.25, 0.3) is 11.8 Å². The molecule has 0 spiro atoms. The number of hydrogen-bond acceptors (Lipinski definition) is 2. The molecule has 0 aromatic rings. The van der Waals surface area contributed by atoms with Crippen LogP contribution in [0.2, 0.25) is 0 Å². The molecule has 2 heterocycles. The number of amides is 2. The van der Waals surface area contributed by atoms with Gasteiger partial charge in [0.05, 0.1) is 11.1 Å². The highest BCUT2D eigenvalue weighted by molar-refractivity contribution is 6.19. The standard InChI is InChI=1S/C23H34N2O2/c26-22-18-19(21(25-22)17-14-10-6-3-7-11-15-17)23(27)24-20(18)16-12-8-4-1-2-5-9-13-16/h16-17H,1-15H2,(H,24,27)(H,25,26). The molecule has 0 saturated heterocycles. The zero-order valence-electron chi connectivity index (χ0n) is 16.6. The third kappa shape index (κ3) is 4.00. The molecule has 2 aliphatic carbocycles. The summed E-state index contributed by atoms with van der Waals surface area (Å²) in [6, 6.07) is 0. The summed E-state index contributed by atoms with van der Waals surface area (Å²) in [5, 5.41) is 6.28. The van der Waals surface area contributed by atoms with Crippen molar-refractivity contribution in [2.75, 3.05) is 0 Å². The Labute approximate surface area is 163 Å². The van der Waals surface area contributed by atoms with E-state index in [0.29, 0.717) is 23.0 Å². The molecule has 2 N–H and O–H groups in total. The van der Waals surface area contributed by atoms with Crippen molar-refractivity contribution in [1.82, 2.24) is 10.6 Å². The van der Waals surface area contributed by atoms with E-state index in [9.17, 15) is 9.59 Å². The van der Waals surface area contributed by atoms with Crippen molar-refractivity contribution >= 4 is 11.8 Å². The molecule has 2 saturated carbocycles. The van der Waals surface area contributed by atoms with E-state index in [-0.39, 0.29) is 11.8 Å². The molecular formula is C23H34N2O2. The predicted molar refractivity (Wildman–Crippen MR) is 107 cm³/mol. The second-order valence-electron chi connectivity index (χ2n) is 8.92. The molecule has 0 atom stereocenters. The third-order valence-corrected chi connectivity index (χ3v) is 7.02. The topological polar surface area (TPSA) is 58.2 Å². The van der Waals surface area contributed by atoms with E-state index in [4.69, 9.17) is 0 Å². The smallest absolute Gasteiger partial charge is 0.258 e. The average molecular weight is 371 g/mol. The van der Waals surface area contributed by atoms with E-state index in [1.807, 2.05) is 0 Å². The summed E-state index contributed by atoms with van der Waals surface area (Å²) in [5.41, 5.74) is 3.27. The second-order valence-corrected chi connectivity index (χ2v) is 8.92. The summed E-state index contributed by atoms with van der Waals surface area (Å²) in [4.78, 5) is 25.8. The highest BCUT2D eigenvalue weighted by Gasteiger charge is 2.43. The number of allylic oxidation sites excluding steroid dienone is 2. The average Bonchev–Trinajstić information content (AvgIpc) is 3.17.